The van der Waals surface area contributed by atoms with Crippen molar-refractivity contribution in [2.24, 2.45) is 0 Å². The maximum atomic E-state index is 13.2. The summed E-state index contributed by atoms with van der Waals surface area (Å²) in [5.41, 5.74) is 3.93. The van der Waals surface area contributed by atoms with Crippen LogP contribution >= 0.6 is 0 Å². The Hall–Kier alpha value is -4.10. The SMILES string of the molecule is COc1ncnc(C)c1NC(=O)Cc1nc2cnc3ccc(C#N)cc3c2n1[C@@H]1CCO[C@H](C)C1. The smallest absolute Gasteiger partial charge is 0.240 e. The number of aromatic nitrogens is 5. The number of amides is 1. The average molecular weight is 472 g/mol. The van der Waals surface area contributed by atoms with Gasteiger partial charge in [0.1, 0.15) is 23.4 Å². The number of aryl methyl sites for hydroxylation is 1. The number of benzene rings is 1. The van der Waals surface area contributed by atoms with Crippen LogP contribution in [0.1, 0.15) is 42.9 Å². The van der Waals surface area contributed by atoms with Gasteiger partial charge in [-0.1, -0.05) is 0 Å². The zero-order valence-electron chi connectivity index (χ0n) is 19.8. The number of nitrogens with zero attached hydrogens (tertiary/aromatic N) is 6. The van der Waals surface area contributed by atoms with Gasteiger partial charge >= 0.3 is 0 Å². The molecule has 0 bridgehead atoms. The Morgan fingerprint density at radius 2 is 2.17 bits per heavy atom. The fourth-order valence-corrected chi connectivity index (χ4v) is 4.70. The van der Waals surface area contributed by atoms with Crippen LogP contribution in [0.2, 0.25) is 0 Å². The Kier molecular flexibility index (Phi) is 6.01. The number of carbonyl (C=O) groups excluding carboxylic acids is 1. The topological polar surface area (TPSA) is 128 Å². The molecule has 0 saturated carbocycles. The second kappa shape index (κ2) is 9.27. The van der Waals surface area contributed by atoms with Crippen LogP contribution in [0.3, 0.4) is 0 Å². The van der Waals surface area contributed by atoms with Crippen molar-refractivity contribution in [2.75, 3.05) is 19.0 Å². The molecule has 1 saturated heterocycles. The van der Waals surface area contributed by atoms with Gasteiger partial charge < -0.3 is 19.4 Å². The molecular formula is C25H25N7O3. The molecule has 0 spiro atoms. The Morgan fingerprint density at radius 3 is 2.94 bits per heavy atom. The van der Waals surface area contributed by atoms with Crippen molar-refractivity contribution in [3.05, 3.63) is 47.8 Å². The highest BCUT2D eigenvalue weighted by Crippen LogP contribution is 2.34. The second-order valence-electron chi connectivity index (χ2n) is 8.66. The van der Waals surface area contributed by atoms with E-state index in [2.05, 4.69) is 37.8 Å². The van der Waals surface area contributed by atoms with Crippen LogP contribution in [-0.2, 0) is 16.0 Å². The van der Waals surface area contributed by atoms with E-state index in [9.17, 15) is 10.1 Å². The Labute approximate surface area is 201 Å². The molecule has 0 unspecified atom stereocenters. The second-order valence-corrected chi connectivity index (χ2v) is 8.66. The van der Waals surface area contributed by atoms with Gasteiger partial charge in [-0.25, -0.2) is 9.97 Å². The highest BCUT2D eigenvalue weighted by Gasteiger charge is 2.27. The molecule has 4 heterocycles. The van der Waals surface area contributed by atoms with Gasteiger partial charge in [-0.3, -0.25) is 9.78 Å². The van der Waals surface area contributed by atoms with Crippen molar-refractivity contribution in [2.45, 2.75) is 45.3 Å². The summed E-state index contributed by atoms with van der Waals surface area (Å²) in [6, 6.07) is 7.74. The zero-order valence-corrected chi connectivity index (χ0v) is 19.8. The maximum absolute atomic E-state index is 13.2. The maximum Gasteiger partial charge on any atom is 0.240 e. The molecule has 10 heteroatoms. The van der Waals surface area contributed by atoms with Crippen molar-refractivity contribution in [3.63, 3.8) is 0 Å². The molecule has 178 valence electrons. The van der Waals surface area contributed by atoms with E-state index in [0.29, 0.717) is 40.8 Å². The summed E-state index contributed by atoms with van der Waals surface area (Å²) < 4.78 is 13.2. The predicted octanol–water partition coefficient (Wildman–Crippen LogP) is 3.48. The normalized spacial score (nSPS) is 17.9. The number of ether oxygens (including phenoxy) is 2. The van der Waals surface area contributed by atoms with E-state index in [4.69, 9.17) is 14.5 Å². The summed E-state index contributed by atoms with van der Waals surface area (Å²) in [6.07, 6.45) is 4.83. The van der Waals surface area contributed by atoms with Gasteiger partial charge in [0.05, 0.1) is 54.2 Å². The number of fused-ring (bicyclic) bond motifs is 3. The standard InChI is InChI=1S/C25H25N7O3/c1-14-8-17(6-7-35-14)32-21(10-22(33)31-23-15(2)28-13-29-25(23)34-3)30-20-12-27-19-5-4-16(11-26)9-18(19)24(20)32/h4-5,9,12-14,17H,6-8,10H2,1-3H3,(H,31,33)/t14-,17-/m1/s1. The van der Waals surface area contributed by atoms with E-state index < -0.39 is 0 Å². The lowest BCUT2D eigenvalue weighted by Gasteiger charge is -2.30. The third kappa shape index (κ3) is 4.26. The number of methoxy groups -OCH3 is 1. The van der Waals surface area contributed by atoms with E-state index in [1.54, 1.807) is 19.2 Å². The molecule has 1 aliphatic heterocycles. The largest absolute Gasteiger partial charge is 0.479 e. The predicted molar refractivity (Wildman–Crippen MR) is 129 cm³/mol. The summed E-state index contributed by atoms with van der Waals surface area (Å²) in [5.74, 6) is 0.673. The van der Waals surface area contributed by atoms with Gasteiger partial charge in [0.25, 0.3) is 0 Å². The summed E-state index contributed by atoms with van der Waals surface area (Å²) >= 11 is 0. The van der Waals surface area contributed by atoms with Gasteiger partial charge in [-0.2, -0.15) is 10.2 Å². The Balaban J connectivity index is 1.61. The lowest BCUT2D eigenvalue weighted by Crippen LogP contribution is -2.28. The number of hydrogen-bond acceptors (Lipinski definition) is 8. The van der Waals surface area contributed by atoms with Crippen LogP contribution in [0, 0.1) is 18.3 Å². The molecule has 1 aromatic carbocycles. The number of carbonyl (C=O) groups is 1. The first kappa shape index (κ1) is 22.7. The minimum atomic E-state index is -0.257. The summed E-state index contributed by atoms with van der Waals surface area (Å²) in [7, 11) is 1.50. The first-order valence-corrected chi connectivity index (χ1v) is 11.4. The minimum absolute atomic E-state index is 0.0390. The quantitative estimate of drug-likeness (QED) is 0.468. The van der Waals surface area contributed by atoms with Crippen molar-refractivity contribution in [1.82, 2.24) is 24.5 Å². The number of anilines is 1. The first-order valence-electron chi connectivity index (χ1n) is 11.4. The summed E-state index contributed by atoms with van der Waals surface area (Å²) in [6.45, 7) is 4.46. The van der Waals surface area contributed by atoms with E-state index in [0.717, 1.165) is 29.3 Å². The number of pyridine rings is 1. The molecule has 5 rings (SSSR count). The fraction of sp³-hybridized carbons (Fsp3) is 0.360. The van der Waals surface area contributed by atoms with Crippen LogP contribution < -0.4 is 10.1 Å². The van der Waals surface area contributed by atoms with E-state index in [1.807, 2.05) is 12.1 Å². The molecule has 0 aliphatic carbocycles. The lowest BCUT2D eigenvalue weighted by molar-refractivity contribution is -0.115. The Bertz CT molecular complexity index is 1470. The lowest BCUT2D eigenvalue weighted by atomic mass is 10.0. The van der Waals surface area contributed by atoms with Crippen LogP contribution in [0.15, 0.2) is 30.7 Å². The number of rotatable bonds is 5. The first-order chi connectivity index (χ1) is 17.0. The number of nitrogens with one attached hydrogen (secondary N) is 1. The molecule has 1 amide bonds. The summed E-state index contributed by atoms with van der Waals surface area (Å²) in [5, 5.41) is 13.2. The van der Waals surface area contributed by atoms with E-state index in [1.165, 1.54) is 13.4 Å². The third-order valence-electron chi connectivity index (χ3n) is 6.32. The molecular weight excluding hydrogens is 446 g/mol. The van der Waals surface area contributed by atoms with Crippen LogP contribution in [0.25, 0.3) is 21.9 Å². The van der Waals surface area contributed by atoms with Crippen LogP contribution in [-0.4, -0.2) is 50.2 Å². The highest BCUT2D eigenvalue weighted by molar-refractivity contribution is 6.03. The third-order valence-corrected chi connectivity index (χ3v) is 6.32. The highest BCUT2D eigenvalue weighted by atomic mass is 16.5. The number of imidazole rings is 1. The molecule has 1 aliphatic rings. The van der Waals surface area contributed by atoms with Gasteiger partial charge in [0.15, 0.2) is 0 Å². The molecule has 0 radical (unpaired) electrons. The van der Waals surface area contributed by atoms with Crippen molar-refractivity contribution < 1.29 is 14.3 Å². The molecule has 2 atom stereocenters. The molecule has 3 aromatic heterocycles. The number of nitriles is 1. The summed E-state index contributed by atoms with van der Waals surface area (Å²) in [4.78, 5) is 30.8. The van der Waals surface area contributed by atoms with Gasteiger partial charge in [-0.05, 0) is 44.9 Å². The van der Waals surface area contributed by atoms with E-state index >= 15 is 0 Å². The van der Waals surface area contributed by atoms with Crippen molar-refractivity contribution in [3.8, 4) is 11.9 Å². The van der Waals surface area contributed by atoms with Crippen LogP contribution in [0.4, 0.5) is 5.69 Å². The van der Waals surface area contributed by atoms with Gasteiger partial charge in [0.2, 0.25) is 11.8 Å². The average Bonchev–Trinajstić information content (AvgIpc) is 3.23. The molecule has 1 N–H and O–H groups in total. The van der Waals surface area contributed by atoms with Gasteiger partial charge in [0, 0.05) is 18.0 Å². The number of hydrogen-bond donors (Lipinski definition) is 1. The van der Waals surface area contributed by atoms with Crippen LogP contribution in [0.5, 0.6) is 5.88 Å². The molecule has 10 nitrogen and oxygen atoms in total. The fourth-order valence-electron chi connectivity index (χ4n) is 4.70. The molecule has 4 aromatic rings. The molecule has 35 heavy (non-hydrogen) atoms. The Morgan fingerprint density at radius 1 is 1.31 bits per heavy atom. The minimum Gasteiger partial charge on any atom is -0.479 e. The van der Waals surface area contributed by atoms with Gasteiger partial charge in [-0.15, -0.1) is 0 Å². The molecule has 1 fully saturated rings. The van der Waals surface area contributed by atoms with E-state index in [-0.39, 0.29) is 24.5 Å². The monoisotopic (exact) mass is 471 g/mol. The van der Waals surface area contributed by atoms with Crippen molar-refractivity contribution in [1.29, 1.82) is 5.26 Å². The zero-order chi connectivity index (χ0) is 24.5. The van der Waals surface area contributed by atoms with Crippen molar-refractivity contribution >= 4 is 33.5 Å².